The largest absolute Gasteiger partial charge is 0.508 e. The van der Waals surface area contributed by atoms with Crippen molar-refractivity contribution in [3.8, 4) is 5.75 Å². The first-order chi connectivity index (χ1) is 42.3. The Morgan fingerprint density at radius 1 is 0.722 bits per heavy atom. The van der Waals surface area contributed by atoms with Crippen LogP contribution in [0.25, 0.3) is 10.9 Å². The maximum atomic E-state index is 14.6. The monoisotopic (exact) mass is 1280 g/mol. The van der Waals surface area contributed by atoms with Crippen molar-refractivity contribution in [1.82, 2.24) is 67.7 Å². The van der Waals surface area contributed by atoms with E-state index in [-0.39, 0.29) is 94.0 Å². The molecule has 0 radical (unpaired) electrons. The van der Waals surface area contributed by atoms with Gasteiger partial charge in [0.1, 0.15) is 60.1 Å². The summed E-state index contributed by atoms with van der Waals surface area (Å²) in [5.74, 6) is -9.29. The minimum atomic E-state index is -1.75. The molecule has 2 aromatic carbocycles. The summed E-state index contributed by atoms with van der Waals surface area (Å²) in [6.07, 6.45) is 5.64. The van der Waals surface area contributed by atoms with Crippen LogP contribution in [0.4, 0.5) is 0 Å². The molecule has 10 amide bonds. The van der Waals surface area contributed by atoms with E-state index in [1.807, 2.05) is 6.07 Å². The van der Waals surface area contributed by atoms with E-state index >= 15 is 0 Å². The molecule has 18 N–H and O–H groups in total. The molecular weight excluding hydrogens is 1190 g/mol. The zero-order valence-electron chi connectivity index (χ0n) is 51.1. The lowest BCUT2D eigenvalue weighted by Crippen LogP contribution is -2.62. The van der Waals surface area contributed by atoms with Crippen molar-refractivity contribution in [2.24, 2.45) is 28.3 Å². The van der Waals surface area contributed by atoms with Crippen molar-refractivity contribution in [2.75, 3.05) is 26.2 Å². The zero-order chi connectivity index (χ0) is 65.5. The van der Waals surface area contributed by atoms with Crippen molar-refractivity contribution in [2.45, 2.75) is 154 Å². The van der Waals surface area contributed by atoms with E-state index in [1.54, 1.807) is 59.0 Å². The van der Waals surface area contributed by atoms with Crippen molar-refractivity contribution in [1.29, 1.82) is 0 Å². The highest BCUT2D eigenvalue weighted by Crippen LogP contribution is 2.22. The zero-order valence-corrected chi connectivity index (χ0v) is 51.9. The number of amides is 10. The molecule has 9 unspecified atom stereocenters. The number of hydrogen-bond donors (Lipinski definition) is 16. The fourth-order valence-corrected chi connectivity index (χ4v) is 10.1. The fraction of sp³-hybridized carbons (Fsp3) is 0.508. The Bertz CT molecular complexity index is 3130. The number of carbonyl (C=O) groups excluding carboxylic acids is 10. The number of halogens is 1. The second-order valence-corrected chi connectivity index (χ2v) is 22.4. The van der Waals surface area contributed by atoms with Gasteiger partial charge in [-0.15, -0.1) is 12.4 Å². The summed E-state index contributed by atoms with van der Waals surface area (Å²) in [5.41, 5.74) is 13.2. The summed E-state index contributed by atoms with van der Waals surface area (Å²) in [5, 5.41) is 53.0. The number of hydrogen-bond acceptors (Lipinski definition) is 15. The minimum Gasteiger partial charge on any atom is -0.508 e. The number of aliphatic imine (C=N–C) groups is 1. The molecule has 0 bridgehead atoms. The van der Waals surface area contributed by atoms with Crippen LogP contribution in [-0.4, -0.2) is 187 Å². The Morgan fingerprint density at radius 2 is 1.29 bits per heavy atom. The number of carbonyl (C=O) groups is 11. The van der Waals surface area contributed by atoms with Gasteiger partial charge in [0.25, 0.3) is 5.97 Å². The van der Waals surface area contributed by atoms with Crippen molar-refractivity contribution >= 4 is 94.3 Å². The quantitative estimate of drug-likeness (QED) is 0.0157. The van der Waals surface area contributed by atoms with E-state index in [9.17, 15) is 58.2 Å². The van der Waals surface area contributed by atoms with E-state index < -0.39 is 126 Å². The number of aromatic hydroxyl groups is 1. The Balaban J connectivity index is 0.00000335. The minimum absolute atomic E-state index is 0. The van der Waals surface area contributed by atoms with Crippen molar-refractivity contribution < 1.29 is 68.1 Å². The highest BCUT2D eigenvalue weighted by molar-refractivity contribution is 5.99. The molecule has 4 aromatic rings. The third kappa shape index (κ3) is 22.1. The van der Waals surface area contributed by atoms with Crippen molar-refractivity contribution in [3.05, 3.63) is 84.1 Å². The number of phenols is 1. The number of fused-ring (bicyclic) bond motifs is 1. The number of aliphatic carboxylic acids is 1. The van der Waals surface area contributed by atoms with Gasteiger partial charge in [0.15, 0.2) is 5.96 Å². The van der Waals surface area contributed by atoms with E-state index in [4.69, 9.17) is 21.4 Å². The fourth-order valence-electron chi connectivity index (χ4n) is 10.1. The lowest BCUT2D eigenvalue weighted by molar-refractivity contribution is -0.142. The molecule has 9 atom stereocenters. The maximum Gasteiger partial charge on any atom is 0.300 e. The Kier molecular flexibility index (Phi) is 29.0. The number of aromatic amines is 2. The molecule has 2 aromatic heterocycles. The van der Waals surface area contributed by atoms with Crippen LogP contribution in [0.15, 0.2) is 72.2 Å². The van der Waals surface area contributed by atoms with Crippen LogP contribution >= 0.6 is 12.4 Å². The Labute approximate surface area is 526 Å². The molecule has 2 aliphatic rings. The molecule has 2 fully saturated rings. The number of rotatable bonds is 30. The van der Waals surface area contributed by atoms with Crippen LogP contribution in [0.3, 0.4) is 0 Å². The number of likely N-dealkylation sites (tertiary alicyclic amines) is 1. The second kappa shape index (κ2) is 35.6. The number of aromatic nitrogens is 3. The van der Waals surface area contributed by atoms with Crippen LogP contribution in [0.2, 0.25) is 0 Å². The van der Waals surface area contributed by atoms with Gasteiger partial charge in [-0.3, -0.25) is 57.7 Å². The molecule has 492 valence electrons. The molecule has 31 heteroatoms. The van der Waals surface area contributed by atoms with Gasteiger partial charge in [0.05, 0.1) is 12.9 Å². The second-order valence-electron chi connectivity index (χ2n) is 22.4. The molecule has 2 aliphatic heterocycles. The average molecular weight is 1280 g/mol. The lowest BCUT2D eigenvalue weighted by atomic mass is 9.98. The summed E-state index contributed by atoms with van der Waals surface area (Å²) in [4.78, 5) is 163. The van der Waals surface area contributed by atoms with Gasteiger partial charge in [-0.1, -0.05) is 58.0 Å². The number of nitrogens with two attached hydrogens (primary N) is 2. The molecule has 30 nitrogen and oxygen atoms in total. The number of likely N-dealkylation sites (N-methyl/N-ethyl adjacent to an activating group) is 1. The number of nitrogens with one attached hydrogen (secondary N) is 11. The summed E-state index contributed by atoms with van der Waals surface area (Å²) in [7, 11) is 0. The molecule has 4 heterocycles. The molecule has 0 saturated carbocycles. The number of imidazole rings is 1. The summed E-state index contributed by atoms with van der Waals surface area (Å²) in [6.45, 7) is 9.24. The first-order valence-electron chi connectivity index (χ1n) is 29.5. The number of para-hydroxylation sites is 1. The van der Waals surface area contributed by atoms with Gasteiger partial charge >= 0.3 is 0 Å². The summed E-state index contributed by atoms with van der Waals surface area (Å²) in [6, 6.07) is 1.48. The maximum absolute atomic E-state index is 14.6. The van der Waals surface area contributed by atoms with Crippen LogP contribution < -0.4 is 59.3 Å². The number of H-pyrrole nitrogens is 2. The number of carboxylic acids is 1. The third-order valence-electron chi connectivity index (χ3n) is 14.7. The average Bonchev–Trinajstić information content (AvgIpc) is 3.24. The SMILES string of the molecule is CC(=O)O.CCNC(=O)C1CCCN1C(=O)C(CCCN=C(N)N)NC(=O)C(NC(=O)C(NC(=O)C(Cc1ccc(O)cc1)NC(=O)C(CO)NC(=O)C(Cc1c[nH]c2ccccc12)NC(=O)C(Cc1cnc[nH]1)NC(=O)C1CCC(=O)N1)C(C)C)C(C)C.Cl. The highest BCUT2D eigenvalue weighted by atomic mass is 35.5. The lowest BCUT2D eigenvalue weighted by Gasteiger charge is -2.31. The van der Waals surface area contributed by atoms with Crippen LogP contribution in [0.5, 0.6) is 5.75 Å². The molecular formula is C59H85ClN16O14. The molecule has 0 aliphatic carbocycles. The predicted molar refractivity (Wildman–Crippen MR) is 331 cm³/mol. The number of aliphatic hydroxyl groups excluding tert-OH is 1. The number of nitrogens with zero attached hydrogens (tertiary/aromatic N) is 3. The summed E-state index contributed by atoms with van der Waals surface area (Å²) < 4.78 is 0. The standard InChI is InChI=1S/C57H80N16O12.C2H4O2.ClH/c1-6-61-53(82)44-14-10-22-73(44)56(85)39(13-9-21-62-57(58)59)66-54(83)46(30(2)3)72-55(84)47(31(4)5)71-51(80)40(23-32-15-17-35(75)18-16-32)67-52(81)43(28-74)70-49(78)41(24-33-26-63-37-12-8-7-11-36(33)37)68-50(79)42(25-34-27-60-29-64-34)69-48(77)38-19-20-45(76)65-38;1-2(3)4;/h7-8,11-12,15-18,26-27,29-31,38-44,46-47,63,74-75H,6,9-10,13-14,19-25,28H2,1-5H3,(H,60,64)(H,61,82)(H,65,76)(H,66,83)(H,67,81)(H,68,79)(H,69,77)(H,70,78)(H,71,80)(H,72,84)(H4,58,59,62);1H3,(H,3,4);1H. The van der Waals surface area contributed by atoms with Gasteiger partial charge in [-0.2, -0.15) is 0 Å². The summed E-state index contributed by atoms with van der Waals surface area (Å²) >= 11 is 0. The van der Waals surface area contributed by atoms with Gasteiger partial charge in [0.2, 0.25) is 59.1 Å². The Hall–Kier alpha value is -9.32. The van der Waals surface area contributed by atoms with Crippen LogP contribution in [0, 0.1) is 11.8 Å². The van der Waals surface area contributed by atoms with Gasteiger partial charge in [0, 0.05) is 81.2 Å². The van der Waals surface area contributed by atoms with Crippen LogP contribution in [-0.2, 0) is 72.0 Å². The smallest absolute Gasteiger partial charge is 0.300 e. The predicted octanol–water partition coefficient (Wildman–Crippen LogP) is -1.71. The normalized spacial score (nSPS) is 16.6. The molecule has 0 spiro atoms. The van der Waals surface area contributed by atoms with E-state index in [0.717, 1.165) is 12.4 Å². The number of phenolic OH excluding ortho intramolecular Hbond substituents is 1. The van der Waals surface area contributed by atoms with E-state index in [1.165, 1.54) is 41.7 Å². The van der Waals surface area contributed by atoms with Crippen LogP contribution in [0.1, 0.15) is 96.9 Å². The van der Waals surface area contributed by atoms with Crippen molar-refractivity contribution in [3.63, 3.8) is 0 Å². The number of carboxylic acid groups (broad SMARTS) is 1. The molecule has 2 saturated heterocycles. The van der Waals surface area contributed by atoms with E-state index in [2.05, 4.69) is 67.8 Å². The third-order valence-corrected chi connectivity index (χ3v) is 14.7. The van der Waals surface area contributed by atoms with Gasteiger partial charge in [-0.05, 0) is 80.2 Å². The topological polar surface area (TPSA) is 469 Å². The van der Waals surface area contributed by atoms with Gasteiger partial charge < -0.3 is 89.5 Å². The Morgan fingerprint density at radius 3 is 1.87 bits per heavy atom. The molecule has 6 rings (SSSR count). The van der Waals surface area contributed by atoms with E-state index in [0.29, 0.717) is 41.6 Å². The van der Waals surface area contributed by atoms with Gasteiger partial charge in [-0.25, -0.2) is 4.98 Å². The number of guanidine groups is 1. The molecule has 90 heavy (non-hydrogen) atoms. The first-order valence-corrected chi connectivity index (χ1v) is 29.5. The first kappa shape index (κ1) is 73.2. The highest BCUT2D eigenvalue weighted by Gasteiger charge is 2.40. The number of benzene rings is 2. The number of aliphatic hydroxyl groups is 1.